The average molecular weight is 437 g/mol. The summed E-state index contributed by atoms with van der Waals surface area (Å²) in [6.45, 7) is 2.84. The molecule has 1 unspecified atom stereocenters. The van der Waals surface area contributed by atoms with Gasteiger partial charge in [-0.3, -0.25) is 14.9 Å². The molecule has 3 rings (SSSR count). The first-order chi connectivity index (χ1) is 11.7. The number of nitrogens with one attached hydrogen (secondary N) is 3. The van der Waals surface area contributed by atoms with E-state index < -0.39 is 0 Å². The van der Waals surface area contributed by atoms with Crippen molar-refractivity contribution in [3.8, 4) is 0 Å². The zero-order chi connectivity index (χ0) is 16.8. The summed E-state index contributed by atoms with van der Waals surface area (Å²) in [5.41, 5.74) is 0.682. The third kappa shape index (κ3) is 6.85. The predicted octanol–water partition coefficient (Wildman–Crippen LogP) is 2.96. The quantitative estimate of drug-likeness (QED) is 0.622. The lowest BCUT2D eigenvalue weighted by Gasteiger charge is -2.08. The molecule has 2 aromatic heterocycles. The number of amides is 2. The van der Waals surface area contributed by atoms with E-state index in [-0.39, 0.29) is 43.0 Å². The summed E-state index contributed by atoms with van der Waals surface area (Å²) in [5, 5.41) is 13.2. The molecule has 0 bridgehead atoms. The molecule has 0 saturated carbocycles. The maximum absolute atomic E-state index is 12.0. The lowest BCUT2D eigenvalue weighted by atomic mass is 10.1. The Hall–Kier alpha value is -1.19. The van der Waals surface area contributed by atoms with Crippen LogP contribution in [0.15, 0.2) is 22.9 Å². The molecule has 1 fully saturated rings. The molecular formula is C16H22Cl2N4O2S2. The van der Waals surface area contributed by atoms with E-state index >= 15 is 0 Å². The highest BCUT2D eigenvalue weighted by Gasteiger charge is 2.15. The van der Waals surface area contributed by atoms with Crippen LogP contribution in [0.2, 0.25) is 0 Å². The van der Waals surface area contributed by atoms with E-state index in [1.165, 1.54) is 29.1 Å². The summed E-state index contributed by atoms with van der Waals surface area (Å²) in [4.78, 5) is 28.9. The molecule has 26 heavy (non-hydrogen) atoms. The Balaban J connectivity index is 0.00000169. The highest BCUT2D eigenvalue weighted by atomic mass is 35.5. The van der Waals surface area contributed by atoms with Crippen molar-refractivity contribution in [1.29, 1.82) is 0 Å². The fourth-order valence-corrected chi connectivity index (χ4v) is 3.94. The van der Waals surface area contributed by atoms with Crippen LogP contribution in [0.25, 0.3) is 0 Å². The van der Waals surface area contributed by atoms with E-state index in [1.807, 2.05) is 16.8 Å². The van der Waals surface area contributed by atoms with Gasteiger partial charge in [0.15, 0.2) is 5.13 Å². The van der Waals surface area contributed by atoms with Gasteiger partial charge in [0.1, 0.15) is 0 Å². The number of nitrogens with zero attached hydrogens (tertiary/aromatic N) is 1. The minimum absolute atomic E-state index is 0. The van der Waals surface area contributed by atoms with Crippen molar-refractivity contribution in [3.05, 3.63) is 33.5 Å². The standard InChI is InChI=1S/C16H20N4O2S2.2ClH/c21-14(18-6-4-11-3-5-17-9-11)8-12-10-24-16(19-12)20-15(22)13-2-1-7-23-13;;/h1-2,7,10-11,17H,3-6,8-9H2,(H,18,21)(H,19,20,22);2*1H. The summed E-state index contributed by atoms with van der Waals surface area (Å²) in [7, 11) is 0. The van der Waals surface area contributed by atoms with E-state index in [0.717, 1.165) is 19.5 Å². The number of aromatic nitrogens is 1. The number of carbonyl (C=O) groups is 2. The van der Waals surface area contributed by atoms with Crippen LogP contribution in [-0.2, 0) is 11.2 Å². The topological polar surface area (TPSA) is 83.1 Å². The Morgan fingerprint density at radius 2 is 2.15 bits per heavy atom. The molecule has 3 heterocycles. The number of thiophene rings is 1. The lowest BCUT2D eigenvalue weighted by molar-refractivity contribution is -0.120. The fourth-order valence-electron chi connectivity index (χ4n) is 2.62. The molecule has 10 heteroatoms. The second kappa shape index (κ2) is 11.5. The number of hydrogen-bond acceptors (Lipinski definition) is 6. The molecular weight excluding hydrogens is 415 g/mol. The van der Waals surface area contributed by atoms with E-state index in [2.05, 4.69) is 20.9 Å². The fraction of sp³-hybridized carbons (Fsp3) is 0.438. The van der Waals surface area contributed by atoms with Crippen LogP contribution < -0.4 is 16.0 Å². The minimum Gasteiger partial charge on any atom is -0.356 e. The Labute approximate surface area is 173 Å². The zero-order valence-corrected chi connectivity index (χ0v) is 17.3. The normalized spacial score (nSPS) is 15.6. The van der Waals surface area contributed by atoms with Crippen molar-refractivity contribution in [1.82, 2.24) is 15.6 Å². The molecule has 3 N–H and O–H groups in total. The average Bonchev–Trinajstić information content (AvgIpc) is 3.30. The van der Waals surface area contributed by atoms with Crippen LogP contribution in [0.4, 0.5) is 5.13 Å². The molecule has 1 saturated heterocycles. The van der Waals surface area contributed by atoms with Crippen LogP contribution in [0, 0.1) is 5.92 Å². The van der Waals surface area contributed by atoms with Crippen molar-refractivity contribution in [3.63, 3.8) is 0 Å². The third-order valence-corrected chi connectivity index (χ3v) is 5.57. The van der Waals surface area contributed by atoms with E-state index in [1.54, 1.807) is 6.07 Å². The van der Waals surface area contributed by atoms with Gasteiger partial charge >= 0.3 is 0 Å². The monoisotopic (exact) mass is 436 g/mol. The molecule has 0 aliphatic carbocycles. The van der Waals surface area contributed by atoms with Crippen molar-refractivity contribution >= 4 is 64.4 Å². The number of rotatable bonds is 7. The van der Waals surface area contributed by atoms with Gasteiger partial charge in [-0.2, -0.15) is 0 Å². The Morgan fingerprint density at radius 1 is 1.31 bits per heavy atom. The van der Waals surface area contributed by atoms with Crippen molar-refractivity contribution in [2.75, 3.05) is 25.0 Å². The first-order valence-electron chi connectivity index (χ1n) is 7.97. The van der Waals surface area contributed by atoms with E-state index in [9.17, 15) is 9.59 Å². The Morgan fingerprint density at radius 3 is 2.85 bits per heavy atom. The number of halogens is 2. The number of anilines is 1. The molecule has 6 nitrogen and oxygen atoms in total. The molecule has 0 radical (unpaired) electrons. The molecule has 0 aromatic carbocycles. The molecule has 2 amide bonds. The third-order valence-electron chi connectivity index (χ3n) is 3.90. The highest BCUT2D eigenvalue weighted by Crippen LogP contribution is 2.18. The van der Waals surface area contributed by atoms with Gasteiger partial charge in [-0.1, -0.05) is 6.07 Å². The first kappa shape index (κ1) is 22.9. The predicted molar refractivity (Wildman–Crippen MR) is 111 cm³/mol. The summed E-state index contributed by atoms with van der Waals surface area (Å²) in [6.07, 6.45) is 2.45. The van der Waals surface area contributed by atoms with Gasteiger partial charge in [0.05, 0.1) is 17.0 Å². The molecule has 1 atom stereocenters. The molecule has 0 spiro atoms. The number of hydrogen-bond donors (Lipinski definition) is 3. The van der Waals surface area contributed by atoms with Crippen molar-refractivity contribution in [2.24, 2.45) is 5.92 Å². The van der Waals surface area contributed by atoms with Gasteiger partial charge in [-0.25, -0.2) is 4.98 Å². The Kier molecular flexibility index (Phi) is 10.1. The largest absolute Gasteiger partial charge is 0.356 e. The maximum Gasteiger partial charge on any atom is 0.267 e. The van der Waals surface area contributed by atoms with Crippen LogP contribution in [0.3, 0.4) is 0 Å². The van der Waals surface area contributed by atoms with Crippen LogP contribution in [0.5, 0.6) is 0 Å². The van der Waals surface area contributed by atoms with Gasteiger partial charge in [-0.15, -0.1) is 47.5 Å². The number of thiazole rings is 1. The van der Waals surface area contributed by atoms with Gasteiger partial charge in [0.25, 0.3) is 5.91 Å². The molecule has 1 aliphatic heterocycles. The SMILES string of the molecule is Cl.Cl.O=C(Cc1csc(NC(=O)c2cccs2)n1)NCCC1CCNC1. The van der Waals surface area contributed by atoms with Crippen LogP contribution in [-0.4, -0.2) is 36.4 Å². The van der Waals surface area contributed by atoms with Crippen LogP contribution in [0.1, 0.15) is 28.2 Å². The van der Waals surface area contributed by atoms with Gasteiger partial charge in [0, 0.05) is 11.9 Å². The summed E-state index contributed by atoms with van der Waals surface area (Å²) < 4.78 is 0. The maximum atomic E-state index is 12.0. The van der Waals surface area contributed by atoms with Crippen molar-refractivity contribution < 1.29 is 9.59 Å². The van der Waals surface area contributed by atoms with Gasteiger partial charge < -0.3 is 10.6 Å². The van der Waals surface area contributed by atoms with Gasteiger partial charge in [0.2, 0.25) is 5.91 Å². The summed E-state index contributed by atoms with van der Waals surface area (Å²) in [5.74, 6) is 0.478. The first-order valence-corrected chi connectivity index (χ1v) is 9.73. The second-order valence-electron chi connectivity index (χ2n) is 5.75. The summed E-state index contributed by atoms with van der Waals surface area (Å²) >= 11 is 2.72. The molecule has 144 valence electrons. The van der Waals surface area contributed by atoms with Crippen molar-refractivity contribution in [2.45, 2.75) is 19.3 Å². The van der Waals surface area contributed by atoms with Crippen LogP contribution >= 0.6 is 47.5 Å². The lowest BCUT2D eigenvalue weighted by Crippen LogP contribution is -2.27. The number of carbonyl (C=O) groups excluding carboxylic acids is 2. The van der Waals surface area contributed by atoms with Gasteiger partial charge in [-0.05, 0) is 43.3 Å². The molecule has 1 aliphatic rings. The Bertz CT molecular complexity index is 688. The highest BCUT2D eigenvalue weighted by molar-refractivity contribution is 7.14. The summed E-state index contributed by atoms with van der Waals surface area (Å²) in [6, 6.07) is 3.60. The molecule has 2 aromatic rings. The second-order valence-corrected chi connectivity index (χ2v) is 7.56. The smallest absolute Gasteiger partial charge is 0.267 e. The minimum atomic E-state index is -0.166. The zero-order valence-electron chi connectivity index (χ0n) is 14.0. The van der Waals surface area contributed by atoms with E-state index in [4.69, 9.17) is 0 Å². The van der Waals surface area contributed by atoms with E-state index in [0.29, 0.717) is 28.2 Å².